The summed E-state index contributed by atoms with van der Waals surface area (Å²) in [5.41, 5.74) is 7.74. The number of piperidine rings is 1. The Bertz CT molecular complexity index is 1170. The number of nitrogens with two attached hydrogens (primary N) is 1. The predicted octanol–water partition coefficient (Wildman–Crippen LogP) is 2.53. The number of fused-ring (bicyclic) bond motifs is 1. The Balaban J connectivity index is 1.32. The lowest BCUT2D eigenvalue weighted by molar-refractivity contribution is -0.148. The highest BCUT2D eigenvalue weighted by Gasteiger charge is 2.46. The minimum atomic E-state index is -2.56. The van der Waals surface area contributed by atoms with E-state index in [1.165, 1.54) is 16.9 Å². The van der Waals surface area contributed by atoms with Gasteiger partial charge in [0.15, 0.2) is 11.5 Å². The molecule has 5 heterocycles. The van der Waals surface area contributed by atoms with Crippen LogP contribution in [0, 0.1) is 0 Å². The Kier molecular flexibility index (Phi) is 5.09. The number of nitrogen functional groups attached to an aromatic ring is 1. The molecule has 3 N–H and O–H groups in total. The Morgan fingerprint density at radius 3 is 2.72 bits per heavy atom. The highest BCUT2D eigenvalue weighted by Crippen LogP contribution is 2.34. The van der Waals surface area contributed by atoms with Gasteiger partial charge >= 0.3 is 0 Å². The number of aromatic nitrogens is 4. The number of anilines is 3. The largest absolute Gasteiger partial charge is 0.381 e. The number of halogens is 3. The highest BCUT2D eigenvalue weighted by molar-refractivity contribution is 6.30. The van der Waals surface area contributed by atoms with Crippen molar-refractivity contribution in [1.29, 1.82) is 0 Å². The number of carbonyl (C=O) groups excluding carboxylic acids is 1. The van der Waals surface area contributed by atoms with E-state index in [4.69, 9.17) is 17.3 Å². The van der Waals surface area contributed by atoms with Gasteiger partial charge < -0.3 is 16.0 Å². The first-order chi connectivity index (χ1) is 15.3. The van der Waals surface area contributed by atoms with Gasteiger partial charge in [0.05, 0.1) is 41.9 Å². The van der Waals surface area contributed by atoms with Crippen LogP contribution in [0.5, 0.6) is 0 Å². The number of rotatable bonds is 4. The van der Waals surface area contributed by atoms with Crippen molar-refractivity contribution in [3.05, 3.63) is 41.4 Å². The molecule has 2 aliphatic rings. The van der Waals surface area contributed by atoms with Crippen LogP contribution < -0.4 is 16.0 Å². The number of nitrogens with zero attached hydrogens (tertiary/aromatic N) is 6. The van der Waals surface area contributed by atoms with E-state index in [1.54, 1.807) is 12.4 Å². The average molecular weight is 463 g/mol. The van der Waals surface area contributed by atoms with E-state index in [1.807, 2.05) is 11.0 Å². The van der Waals surface area contributed by atoms with Crippen LogP contribution in [-0.4, -0.2) is 68.5 Å². The summed E-state index contributed by atoms with van der Waals surface area (Å²) in [7, 11) is 0. The molecule has 2 aliphatic heterocycles. The summed E-state index contributed by atoms with van der Waals surface area (Å²) < 4.78 is 27.8. The lowest BCUT2D eigenvalue weighted by Gasteiger charge is -2.47. The zero-order chi connectivity index (χ0) is 22.5. The van der Waals surface area contributed by atoms with Gasteiger partial charge in [-0.05, 0) is 18.9 Å². The summed E-state index contributed by atoms with van der Waals surface area (Å²) in [6.07, 6.45) is 7.71. The van der Waals surface area contributed by atoms with E-state index in [0.29, 0.717) is 29.4 Å². The SMILES string of the molecule is Nc1nn2cc(Cl)cnc2c1C(=O)Nc1cnccc1N1CCC(N2CC(F)(F)C2)CC1. The third-order valence-electron chi connectivity index (χ3n) is 5.93. The maximum Gasteiger partial charge on any atom is 0.272 e. The quantitative estimate of drug-likeness (QED) is 0.613. The first kappa shape index (κ1) is 20.8. The molecule has 0 radical (unpaired) electrons. The van der Waals surface area contributed by atoms with Crippen LogP contribution in [0.2, 0.25) is 5.02 Å². The molecule has 2 saturated heterocycles. The second-order valence-corrected chi connectivity index (χ2v) is 8.56. The van der Waals surface area contributed by atoms with Crippen LogP contribution in [0.15, 0.2) is 30.9 Å². The van der Waals surface area contributed by atoms with E-state index in [9.17, 15) is 13.6 Å². The molecule has 0 atom stereocenters. The third kappa shape index (κ3) is 3.82. The number of carbonyl (C=O) groups is 1. The van der Waals surface area contributed by atoms with Gasteiger partial charge in [-0.3, -0.25) is 14.7 Å². The lowest BCUT2D eigenvalue weighted by atomic mass is 9.97. The Labute approximate surface area is 187 Å². The van der Waals surface area contributed by atoms with Crippen LogP contribution in [-0.2, 0) is 0 Å². The molecule has 3 aromatic heterocycles. The molecule has 0 unspecified atom stereocenters. The van der Waals surface area contributed by atoms with E-state index in [-0.39, 0.29) is 30.5 Å². The maximum absolute atomic E-state index is 13.2. The summed E-state index contributed by atoms with van der Waals surface area (Å²) in [6.45, 7) is 1.07. The monoisotopic (exact) mass is 462 g/mol. The van der Waals surface area contributed by atoms with Crippen molar-refractivity contribution in [3.8, 4) is 0 Å². The van der Waals surface area contributed by atoms with Gasteiger partial charge in [0.2, 0.25) is 0 Å². The molecule has 32 heavy (non-hydrogen) atoms. The topological polar surface area (TPSA) is 105 Å². The van der Waals surface area contributed by atoms with Gasteiger partial charge in [-0.2, -0.15) is 0 Å². The van der Waals surface area contributed by atoms with Crippen molar-refractivity contribution in [2.75, 3.05) is 42.1 Å². The number of alkyl halides is 2. The summed E-state index contributed by atoms with van der Waals surface area (Å²) in [4.78, 5) is 25.3. The van der Waals surface area contributed by atoms with Gasteiger partial charge in [0, 0.05) is 31.5 Å². The van der Waals surface area contributed by atoms with E-state index in [0.717, 1.165) is 18.5 Å². The van der Waals surface area contributed by atoms with Crippen molar-refractivity contribution >= 4 is 40.3 Å². The molecule has 0 bridgehead atoms. The molecule has 1 amide bonds. The molecule has 168 valence electrons. The zero-order valence-electron chi connectivity index (χ0n) is 17.0. The molecule has 0 aromatic carbocycles. The molecule has 0 saturated carbocycles. The average Bonchev–Trinajstić information content (AvgIpc) is 3.07. The van der Waals surface area contributed by atoms with E-state index < -0.39 is 11.8 Å². The fourth-order valence-corrected chi connectivity index (χ4v) is 4.51. The number of amides is 1. The number of hydrogen-bond acceptors (Lipinski definition) is 7. The van der Waals surface area contributed by atoms with Crippen LogP contribution in [0.25, 0.3) is 5.65 Å². The molecule has 0 aliphatic carbocycles. The molecule has 3 aromatic rings. The number of pyridine rings is 1. The van der Waals surface area contributed by atoms with Gasteiger partial charge in [-0.15, -0.1) is 5.10 Å². The molecule has 9 nitrogen and oxygen atoms in total. The van der Waals surface area contributed by atoms with Crippen molar-refractivity contribution < 1.29 is 13.6 Å². The molecule has 12 heteroatoms. The summed E-state index contributed by atoms with van der Waals surface area (Å²) in [5, 5.41) is 7.33. The van der Waals surface area contributed by atoms with Gasteiger partial charge in [0.25, 0.3) is 11.8 Å². The maximum atomic E-state index is 13.2. The molecule has 0 spiro atoms. The van der Waals surface area contributed by atoms with E-state index >= 15 is 0 Å². The van der Waals surface area contributed by atoms with Crippen LogP contribution >= 0.6 is 11.6 Å². The first-order valence-corrected chi connectivity index (χ1v) is 10.6. The minimum absolute atomic E-state index is 0.0369. The van der Waals surface area contributed by atoms with Gasteiger partial charge in [0.1, 0.15) is 5.56 Å². The third-order valence-corrected chi connectivity index (χ3v) is 6.13. The smallest absolute Gasteiger partial charge is 0.272 e. The van der Waals surface area contributed by atoms with Gasteiger partial charge in [-0.1, -0.05) is 11.6 Å². The van der Waals surface area contributed by atoms with E-state index in [2.05, 4.69) is 25.3 Å². The molecule has 5 rings (SSSR count). The van der Waals surface area contributed by atoms with Gasteiger partial charge in [-0.25, -0.2) is 18.3 Å². The summed E-state index contributed by atoms with van der Waals surface area (Å²) >= 11 is 5.93. The highest BCUT2D eigenvalue weighted by atomic mass is 35.5. The summed E-state index contributed by atoms with van der Waals surface area (Å²) in [5.74, 6) is -2.98. The Morgan fingerprint density at radius 1 is 1.25 bits per heavy atom. The normalized spacial score (nSPS) is 19.2. The van der Waals surface area contributed by atoms with Crippen molar-refractivity contribution in [3.63, 3.8) is 0 Å². The van der Waals surface area contributed by atoms with Crippen LogP contribution in [0.4, 0.5) is 26.0 Å². The number of hydrogen-bond donors (Lipinski definition) is 2. The van der Waals surface area contributed by atoms with Crippen molar-refractivity contribution in [1.82, 2.24) is 24.5 Å². The second-order valence-electron chi connectivity index (χ2n) is 8.13. The lowest BCUT2D eigenvalue weighted by Crippen LogP contribution is -2.61. The van der Waals surface area contributed by atoms with Crippen molar-refractivity contribution in [2.45, 2.75) is 24.8 Å². The number of likely N-dealkylation sites (tertiary alicyclic amines) is 1. The predicted molar refractivity (Wildman–Crippen MR) is 116 cm³/mol. The minimum Gasteiger partial charge on any atom is -0.381 e. The first-order valence-electron chi connectivity index (χ1n) is 10.2. The van der Waals surface area contributed by atoms with Crippen LogP contribution in [0.1, 0.15) is 23.2 Å². The Morgan fingerprint density at radius 2 is 2.00 bits per heavy atom. The zero-order valence-corrected chi connectivity index (χ0v) is 17.8. The summed E-state index contributed by atoms with van der Waals surface area (Å²) in [6, 6.07) is 1.98. The molecule has 2 fully saturated rings. The Hall–Kier alpha value is -3.05. The van der Waals surface area contributed by atoms with Crippen molar-refractivity contribution in [2.24, 2.45) is 0 Å². The fraction of sp³-hybridized carbons (Fsp3) is 0.400. The molecular weight excluding hydrogens is 442 g/mol. The molecular formula is C20H21ClF2N8O. The second kappa shape index (κ2) is 7.82. The van der Waals surface area contributed by atoms with Crippen LogP contribution in [0.3, 0.4) is 0 Å². The number of nitrogens with one attached hydrogen (secondary N) is 1. The standard InChI is InChI=1S/C20H21ClF2N8O/c21-12-7-26-18-16(17(24)28-31(18)9-12)19(32)27-14-8-25-4-1-15(14)29-5-2-13(3-6-29)30-10-20(22,23)11-30/h1,4,7-9,13H,2-3,5-6,10-11H2,(H2,24,28)(H,27,32). The fourth-order valence-electron chi connectivity index (χ4n) is 4.37.